The number of piperidine rings is 1. The SMILES string of the molecule is Cc1cc(-n2c(C)cc(C(=O)N3CCC(N)C(C)(C)C3)c2C)no1. The van der Waals surface area contributed by atoms with Gasteiger partial charge in [-0.3, -0.25) is 9.36 Å². The quantitative estimate of drug-likeness (QED) is 0.918. The van der Waals surface area contributed by atoms with Gasteiger partial charge in [-0.1, -0.05) is 19.0 Å². The summed E-state index contributed by atoms with van der Waals surface area (Å²) in [5.41, 5.74) is 8.70. The first-order valence-corrected chi connectivity index (χ1v) is 8.38. The fourth-order valence-electron chi connectivity index (χ4n) is 3.51. The molecule has 1 unspecified atom stereocenters. The highest BCUT2D eigenvalue weighted by molar-refractivity contribution is 5.96. The molecule has 1 fully saturated rings. The van der Waals surface area contributed by atoms with Crippen molar-refractivity contribution in [3.8, 4) is 5.82 Å². The van der Waals surface area contributed by atoms with Crippen LogP contribution in [0.4, 0.5) is 0 Å². The fourth-order valence-corrected chi connectivity index (χ4v) is 3.51. The Kier molecular flexibility index (Phi) is 4.03. The predicted molar refractivity (Wildman–Crippen MR) is 92.3 cm³/mol. The van der Waals surface area contributed by atoms with Gasteiger partial charge in [0.2, 0.25) is 0 Å². The zero-order valence-electron chi connectivity index (χ0n) is 15.1. The van der Waals surface area contributed by atoms with Gasteiger partial charge in [-0.05, 0) is 38.7 Å². The van der Waals surface area contributed by atoms with Crippen molar-refractivity contribution >= 4 is 5.91 Å². The molecule has 1 saturated heterocycles. The van der Waals surface area contributed by atoms with Gasteiger partial charge in [-0.2, -0.15) is 0 Å². The first kappa shape index (κ1) is 16.8. The normalized spacial score (nSPS) is 20.4. The molecule has 6 nitrogen and oxygen atoms in total. The van der Waals surface area contributed by atoms with E-state index in [0.717, 1.165) is 29.1 Å². The van der Waals surface area contributed by atoms with Crippen LogP contribution >= 0.6 is 0 Å². The highest BCUT2D eigenvalue weighted by atomic mass is 16.5. The molecule has 2 aromatic rings. The van der Waals surface area contributed by atoms with Gasteiger partial charge in [0, 0.05) is 36.6 Å². The molecule has 1 aliphatic rings. The maximum absolute atomic E-state index is 13.0. The Morgan fingerprint density at radius 2 is 2.04 bits per heavy atom. The Bertz CT molecular complexity index is 772. The summed E-state index contributed by atoms with van der Waals surface area (Å²) in [4.78, 5) is 15.0. The number of carbonyl (C=O) groups excluding carboxylic acids is 1. The van der Waals surface area contributed by atoms with Crippen LogP contribution in [0.3, 0.4) is 0 Å². The first-order chi connectivity index (χ1) is 11.2. The fraction of sp³-hybridized carbons (Fsp3) is 0.556. The van der Waals surface area contributed by atoms with Crippen molar-refractivity contribution < 1.29 is 9.32 Å². The molecule has 6 heteroatoms. The van der Waals surface area contributed by atoms with Crippen molar-refractivity contribution in [1.82, 2.24) is 14.6 Å². The maximum Gasteiger partial charge on any atom is 0.255 e. The van der Waals surface area contributed by atoms with E-state index in [1.165, 1.54) is 0 Å². The maximum atomic E-state index is 13.0. The number of hydrogen-bond acceptors (Lipinski definition) is 4. The Labute approximate surface area is 142 Å². The lowest BCUT2D eigenvalue weighted by Crippen LogP contribution is -2.54. The van der Waals surface area contributed by atoms with E-state index < -0.39 is 0 Å². The molecule has 0 aromatic carbocycles. The third kappa shape index (κ3) is 2.75. The predicted octanol–water partition coefficient (Wildman–Crippen LogP) is 2.59. The summed E-state index contributed by atoms with van der Waals surface area (Å²) in [6.07, 6.45) is 0.833. The Morgan fingerprint density at radius 3 is 2.62 bits per heavy atom. The van der Waals surface area contributed by atoms with E-state index >= 15 is 0 Å². The third-order valence-electron chi connectivity index (χ3n) is 5.11. The number of nitrogens with zero attached hydrogens (tertiary/aromatic N) is 3. The highest BCUT2D eigenvalue weighted by Gasteiger charge is 2.36. The first-order valence-electron chi connectivity index (χ1n) is 8.38. The number of hydrogen-bond donors (Lipinski definition) is 1. The third-order valence-corrected chi connectivity index (χ3v) is 5.11. The molecule has 0 aliphatic carbocycles. The van der Waals surface area contributed by atoms with Crippen LogP contribution in [0.25, 0.3) is 5.82 Å². The molecule has 0 saturated carbocycles. The van der Waals surface area contributed by atoms with E-state index in [4.69, 9.17) is 10.3 Å². The monoisotopic (exact) mass is 330 g/mol. The molecule has 2 aromatic heterocycles. The van der Waals surface area contributed by atoms with Gasteiger partial charge in [0.1, 0.15) is 5.76 Å². The standard InChI is InChI=1S/C18H26N4O2/c1-11-8-14(13(3)22(11)16-9-12(2)24-20-16)17(23)21-7-6-15(19)18(4,5)10-21/h8-9,15H,6-7,10,19H2,1-5H3. The summed E-state index contributed by atoms with van der Waals surface area (Å²) in [7, 11) is 0. The second kappa shape index (κ2) is 5.77. The molecule has 1 aliphatic heterocycles. The van der Waals surface area contributed by atoms with Crippen LogP contribution < -0.4 is 5.73 Å². The van der Waals surface area contributed by atoms with Crippen LogP contribution in [0.15, 0.2) is 16.7 Å². The van der Waals surface area contributed by atoms with Crippen LogP contribution in [-0.4, -0.2) is 39.7 Å². The van der Waals surface area contributed by atoms with E-state index in [1.807, 2.05) is 42.4 Å². The minimum absolute atomic E-state index is 0.0644. The van der Waals surface area contributed by atoms with Gasteiger partial charge >= 0.3 is 0 Å². The van der Waals surface area contributed by atoms with Crippen LogP contribution in [-0.2, 0) is 0 Å². The molecule has 1 amide bonds. The van der Waals surface area contributed by atoms with Gasteiger partial charge in [0.25, 0.3) is 5.91 Å². The molecule has 24 heavy (non-hydrogen) atoms. The number of nitrogens with two attached hydrogens (primary N) is 1. The van der Waals surface area contributed by atoms with E-state index in [1.54, 1.807) is 0 Å². The molecule has 3 heterocycles. The lowest BCUT2D eigenvalue weighted by molar-refractivity contribution is 0.0532. The summed E-state index contributed by atoms with van der Waals surface area (Å²) in [5.74, 6) is 1.52. The molecule has 130 valence electrons. The molecule has 0 bridgehead atoms. The number of likely N-dealkylation sites (tertiary alicyclic amines) is 1. The average Bonchev–Trinajstić information content (AvgIpc) is 3.04. The Hall–Kier alpha value is -2.08. The average molecular weight is 330 g/mol. The lowest BCUT2D eigenvalue weighted by Gasteiger charge is -2.42. The van der Waals surface area contributed by atoms with Gasteiger partial charge < -0.3 is 15.2 Å². The number of carbonyl (C=O) groups is 1. The zero-order valence-corrected chi connectivity index (χ0v) is 15.1. The molecule has 2 N–H and O–H groups in total. The van der Waals surface area contributed by atoms with E-state index in [-0.39, 0.29) is 17.4 Å². The molecule has 3 rings (SSSR count). The second-order valence-corrected chi connectivity index (χ2v) is 7.53. The highest BCUT2D eigenvalue weighted by Crippen LogP contribution is 2.30. The van der Waals surface area contributed by atoms with Gasteiger partial charge in [0.15, 0.2) is 5.82 Å². The van der Waals surface area contributed by atoms with Crippen LogP contribution in [0.2, 0.25) is 0 Å². The van der Waals surface area contributed by atoms with E-state index in [2.05, 4.69) is 19.0 Å². The van der Waals surface area contributed by atoms with Crippen molar-refractivity contribution in [3.05, 3.63) is 34.8 Å². The van der Waals surface area contributed by atoms with Crippen molar-refractivity contribution in [2.45, 2.75) is 47.1 Å². The van der Waals surface area contributed by atoms with E-state index in [9.17, 15) is 4.79 Å². The van der Waals surface area contributed by atoms with Gasteiger partial charge in [0.05, 0.1) is 5.56 Å². The second-order valence-electron chi connectivity index (χ2n) is 7.53. The van der Waals surface area contributed by atoms with Gasteiger partial charge in [-0.15, -0.1) is 0 Å². The summed E-state index contributed by atoms with van der Waals surface area (Å²) in [6, 6.07) is 3.94. The molecular formula is C18H26N4O2. The number of amides is 1. The lowest BCUT2D eigenvalue weighted by atomic mass is 9.79. The summed E-state index contributed by atoms with van der Waals surface area (Å²) >= 11 is 0. The number of aryl methyl sites for hydroxylation is 2. The van der Waals surface area contributed by atoms with Crippen molar-refractivity contribution in [1.29, 1.82) is 0 Å². The molecule has 0 radical (unpaired) electrons. The minimum atomic E-state index is -0.0668. The largest absolute Gasteiger partial charge is 0.360 e. The molecular weight excluding hydrogens is 304 g/mol. The Morgan fingerprint density at radius 1 is 1.33 bits per heavy atom. The van der Waals surface area contributed by atoms with Crippen LogP contribution in [0, 0.1) is 26.2 Å². The van der Waals surface area contributed by atoms with E-state index in [0.29, 0.717) is 18.9 Å². The summed E-state index contributed by atoms with van der Waals surface area (Å²) in [5, 5.41) is 4.07. The van der Waals surface area contributed by atoms with Crippen molar-refractivity contribution in [3.63, 3.8) is 0 Å². The molecule has 1 atom stereocenters. The molecule has 0 spiro atoms. The number of aromatic nitrogens is 2. The zero-order chi connectivity index (χ0) is 17.6. The van der Waals surface area contributed by atoms with Crippen molar-refractivity contribution in [2.24, 2.45) is 11.1 Å². The summed E-state index contributed by atoms with van der Waals surface area (Å²) in [6.45, 7) is 11.4. The Balaban J connectivity index is 1.92. The smallest absolute Gasteiger partial charge is 0.255 e. The minimum Gasteiger partial charge on any atom is -0.360 e. The van der Waals surface area contributed by atoms with Crippen LogP contribution in [0.1, 0.15) is 47.8 Å². The van der Waals surface area contributed by atoms with Crippen molar-refractivity contribution in [2.75, 3.05) is 13.1 Å². The number of rotatable bonds is 2. The van der Waals surface area contributed by atoms with Crippen LogP contribution in [0.5, 0.6) is 0 Å². The van der Waals surface area contributed by atoms with Gasteiger partial charge in [-0.25, -0.2) is 0 Å². The summed E-state index contributed by atoms with van der Waals surface area (Å²) < 4.78 is 7.14. The topological polar surface area (TPSA) is 77.3 Å².